The molecule has 4 rings (SSSR count). The molecule has 3 amide bonds. The maximum absolute atomic E-state index is 13.2. The van der Waals surface area contributed by atoms with E-state index < -0.39 is 12.2 Å². The molecule has 0 bridgehead atoms. The Hall–Kier alpha value is -2.36. The molecule has 2 aromatic rings. The van der Waals surface area contributed by atoms with Crippen LogP contribution in [0.3, 0.4) is 0 Å². The summed E-state index contributed by atoms with van der Waals surface area (Å²) in [6, 6.07) is 13.7. The number of hydrogen-bond donors (Lipinski definition) is 3. The number of aliphatic hydroxyl groups is 1. The number of rotatable bonds is 5. The van der Waals surface area contributed by atoms with Gasteiger partial charge in [0.1, 0.15) is 6.10 Å². The molecule has 0 saturated carbocycles. The van der Waals surface area contributed by atoms with Crippen molar-refractivity contribution in [2.24, 2.45) is 0 Å². The van der Waals surface area contributed by atoms with Crippen molar-refractivity contribution in [1.82, 2.24) is 10.2 Å². The van der Waals surface area contributed by atoms with E-state index in [0.717, 1.165) is 5.56 Å². The molecule has 2 aliphatic heterocycles. The van der Waals surface area contributed by atoms with Gasteiger partial charge in [0.15, 0.2) is 0 Å². The molecule has 8 nitrogen and oxygen atoms in total. The highest BCUT2D eigenvalue weighted by molar-refractivity contribution is 6.35. The van der Waals surface area contributed by atoms with Crippen LogP contribution < -0.4 is 10.6 Å². The van der Waals surface area contributed by atoms with E-state index >= 15 is 0 Å². The number of amides is 3. The largest absolute Gasteiger partial charge is 0.389 e. The molecule has 0 unspecified atom stereocenters. The smallest absolute Gasteiger partial charge is 0.322 e. The molecule has 2 heterocycles. The summed E-state index contributed by atoms with van der Waals surface area (Å²) in [4.78, 5) is 27.5. The molecule has 0 aromatic heterocycles. The second-order valence-electron chi connectivity index (χ2n) is 9.28. The van der Waals surface area contributed by atoms with Crippen LogP contribution in [0.4, 0.5) is 10.5 Å². The van der Waals surface area contributed by atoms with E-state index in [1.165, 1.54) is 0 Å². The highest BCUT2D eigenvalue weighted by Crippen LogP contribution is 2.29. The molecule has 2 aromatic carbocycles. The topological polar surface area (TPSA) is 100 Å². The number of anilines is 1. The highest BCUT2D eigenvalue weighted by Gasteiger charge is 2.40. The minimum absolute atomic E-state index is 0.0824. The number of nitrogens with zero attached hydrogens (tertiary/aromatic N) is 1. The van der Waals surface area contributed by atoms with Crippen LogP contribution in [0.1, 0.15) is 37.8 Å². The Kier molecular flexibility index (Phi) is 9.09. The fraction of sp³-hybridized carbons (Fsp3) is 0.462. The lowest BCUT2D eigenvalue weighted by Crippen LogP contribution is -2.58. The predicted octanol–water partition coefficient (Wildman–Crippen LogP) is 4.40. The zero-order valence-electron chi connectivity index (χ0n) is 20.0. The van der Waals surface area contributed by atoms with Gasteiger partial charge in [0, 0.05) is 15.7 Å². The minimum atomic E-state index is -0.831. The molecule has 2 saturated heterocycles. The Morgan fingerprint density at radius 3 is 2.56 bits per heavy atom. The van der Waals surface area contributed by atoms with Crippen LogP contribution in [-0.2, 0) is 14.3 Å². The van der Waals surface area contributed by atoms with Crippen LogP contribution in [0.25, 0.3) is 0 Å². The van der Waals surface area contributed by atoms with Gasteiger partial charge in [0.25, 0.3) is 0 Å². The van der Waals surface area contributed by atoms with Gasteiger partial charge in [-0.2, -0.15) is 0 Å². The van der Waals surface area contributed by atoms with Crippen molar-refractivity contribution >= 4 is 40.8 Å². The zero-order valence-corrected chi connectivity index (χ0v) is 21.5. The van der Waals surface area contributed by atoms with Gasteiger partial charge in [0.2, 0.25) is 5.91 Å². The van der Waals surface area contributed by atoms with Gasteiger partial charge in [-0.25, -0.2) is 4.79 Å². The molecular formula is C26H31Cl2N3O5. The molecule has 2 aliphatic rings. The molecule has 5 atom stereocenters. The molecule has 194 valence electrons. The van der Waals surface area contributed by atoms with E-state index in [9.17, 15) is 14.7 Å². The number of β-amino-alcohol motifs (C(OH)–C–C–N with tert-alkyl or cyclic N) is 1. The van der Waals surface area contributed by atoms with Crippen molar-refractivity contribution in [3.63, 3.8) is 0 Å². The molecule has 3 N–H and O–H groups in total. The number of urea groups is 1. The SMILES string of the molecule is C[C@@H](NC(=O)C[C@H]1CC[C@H]2[C@@H](COC[C@H](O)CN2C(=O)Nc2cc(Cl)cc(Cl)c2)O1)c1ccccc1. The van der Waals surface area contributed by atoms with E-state index in [2.05, 4.69) is 10.6 Å². The summed E-state index contributed by atoms with van der Waals surface area (Å²) in [5, 5.41) is 17.0. The molecule has 10 heteroatoms. The first-order valence-corrected chi connectivity index (χ1v) is 12.8. The summed E-state index contributed by atoms with van der Waals surface area (Å²) in [7, 11) is 0. The Balaban J connectivity index is 1.39. The third kappa shape index (κ3) is 7.11. The van der Waals surface area contributed by atoms with E-state index in [4.69, 9.17) is 32.7 Å². The minimum Gasteiger partial charge on any atom is -0.389 e. The molecule has 36 heavy (non-hydrogen) atoms. The number of carbonyl (C=O) groups is 2. The van der Waals surface area contributed by atoms with Crippen molar-refractivity contribution in [3.05, 3.63) is 64.1 Å². The van der Waals surface area contributed by atoms with Crippen molar-refractivity contribution in [1.29, 1.82) is 0 Å². The fourth-order valence-corrected chi connectivity index (χ4v) is 5.25. The van der Waals surface area contributed by atoms with Crippen LogP contribution in [0.15, 0.2) is 48.5 Å². The summed E-state index contributed by atoms with van der Waals surface area (Å²) in [5.41, 5.74) is 1.49. The quantitative estimate of drug-likeness (QED) is 0.526. The van der Waals surface area contributed by atoms with Crippen molar-refractivity contribution in [2.45, 2.75) is 56.6 Å². The summed E-state index contributed by atoms with van der Waals surface area (Å²) in [6.45, 7) is 2.33. The van der Waals surface area contributed by atoms with E-state index in [0.29, 0.717) is 28.6 Å². The first-order valence-electron chi connectivity index (χ1n) is 12.1. The van der Waals surface area contributed by atoms with Crippen LogP contribution in [0.5, 0.6) is 0 Å². The standard InChI is InChI=1S/C26H31Cl2N3O5/c1-16(17-5-3-2-4-6-17)29-25(33)12-22-7-8-23-24(36-22)15-35-14-21(32)13-31(23)26(34)30-20-10-18(27)9-19(28)11-20/h2-6,9-11,16,21-24,32H,7-8,12-15H2,1H3,(H,29,33)(H,30,34)/t16-,21-,22-,23+,24-/m1/s1. The summed E-state index contributed by atoms with van der Waals surface area (Å²) >= 11 is 12.1. The van der Waals surface area contributed by atoms with E-state index in [-0.39, 0.29) is 56.3 Å². The molecular weight excluding hydrogens is 505 g/mol. The Bertz CT molecular complexity index is 1040. The van der Waals surface area contributed by atoms with E-state index in [1.807, 2.05) is 37.3 Å². The normalized spacial score (nSPS) is 25.2. The number of ether oxygens (including phenoxy) is 2. The van der Waals surface area contributed by atoms with E-state index in [1.54, 1.807) is 23.1 Å². The third-order valence-electron chi connectivity index (χ3n) is 6.45. The zero-order chi connectivity index (χ0) is 25.7. The number of benzene rings is 2. The average molecular weight is 536 g/mol. The number of hydrogen-bond acceptors (Lipinski definition) is 5. The predicted molar refractivity (Wildman–Crippen MR) is 138 cm³/mol. The van der Waals surface area contributed by atoms with Crippen molar-refractivity contribution in [3.8, 4) is 0 Å². The Morgan fingerprint density at radius 1 is 1.11 bits per heavy atom. The van der Waals surface area contributed by atoms with Gasteiger partial charge in [-0.05, 0) is 43.5 Å². The average Bonchev–Trinajstić information content (AvgIpc) is 2.81. The van der Waals surface area contributed by atoms with Gasteiger partial charge < -0.3 is 30.1 Å². The van der Waals surface area contributed by atoms with Crippen molar-refractivity contribution in [2.75, 3.05) is 25.1 Å². The number of fused-ring (bicyclic) bond motifs is 1. The first kappa shape index (κ1) is 26.7. The fourth-order valence-electron chi connectivity index (χ4n) is 4.73. The van der Waals surface area contributed by atoms with Gasteiger partial charge in [-0.15, -0.1) is 0 Å². The Morgan fingerprint density at radius 2 is 1.83 bits per heavy atom. The lowest BCUT2D eigenvalue weighted by Gasteiger charge is -2.44. The number of aliphatic hydroxyl groups excluding tert-OH is 1. The summed E-state index contributed by atoms with van der Waals surface area (Å²) in [5.74, 6) is -0.0931. The van der Waals surface area contributed by atoms with Gasteiger partial charge in [-0.3, -0.25) is 4.79 Å². The lowest BCUT2D eigenvalue weighted by atomic mass is 9.94. The summed E-state index contributed by atoms with van der Waals surface area (Å²) < 4.78 is 11.9. The van der Waals surface area contributed by atoms with Gasteiger partial charge in [-0.1, -0.05) is 53.5 Å². The molecule has 2 fully saturated rings. The molecule has 0 aliphatic carbocycles. The van der Waals surface area contributed by atoms with Gasteiger partial charge >= 0.3 is 6.03 Å². The number of carbonyl (C=O) groups excluding carboxylic acids is 2. The second-order valence-corrected chi connectivity index (χ2v) is 10.2. The second kappa shape index (κ2) is 12.3. The van der Waals surface area contributed by atoms with Gasteiger partial charge in [0.05, 0.1) is 50.5 Å². The maximum atomic E-state index is 13.2. The first-order chi connectivity index (χ1) is 17.3. The molecule has 0 spiro atoms. The summed E-state index contributed by atoms with van der Waals surface area (Å²) in [6.07, 6.45) is -0.130. The maximum Gasteiger partial charge on any atom is 0.322 e. The Labute approximate surface area is 220 Å². The van der Waals surface area contributed by atoms with Crippen LogP contribution >= 0.6 is 23.2 Å². The van der Waals surface area contributed by atoms with Crippen LogP contribution in [-0.4, -0.2) is 66.1 Å². The van der Waals surface area contributed by atoms with Crippen LogP contribution in [0.2, 0.25) is 10.0 Å². The monoisotopic (exact) mass is 535 g/mol. The lowest BCUT2D eigenvalue weighted by molar-refractivity contribution is -0.150. The number of nitrogens with one attached hydrogen (secondary N) is 2. The van der Waals surface area contributed by atoms with Crippen LogP contribution in [0, 0.1) is 0 Å². The van der Waals surface area contributed by atoms with Crippen molar-refractivity contribution < 1.29 is 24.2 Å². The highest BCUT2D eigenvalue weighted by atomic mass is 35.5. The molecule has 0 radical (unpaired) electrons. The third-order valence-corrected chi connectivity index (χ3v) is 6.88. The number of halogens is 2.